The van der Waals surface area contributed by atoms with Crippen molar-refractivity contribution in [1.29, 1.82) is 0 Å². The van der Waals surface area contributed by atoms with Gasteiger partial charge >= 0.3 is 0 Å². The van der Waals surface area contributed by atoms with E-state index in [0.29, 0.717) is 5.75 Å². The van der Waals surface area contributed by atoms with E-state index in [1.54, 1.807) is 24.3 Å². The first-order chi connectivity index (χ1) is 11.3. The minimum Gasteiger partial charge on any atom is -0.497 e. The Morgan fingerprint density at radius 1 is 1.25 bits per heavy atom. The lowest BCUT2D eigenvalue weighted by atomic mass is 10.2. The Morgan fingerprint density at radius 2 is 1.96 bits per heavy atom. The standard InChI is InChI=1S/C15H15ClN2O5S/c1-17(10-11-4-3-5-12(8-11)23-2)24(21,22)13-6-7-14(16)15(9-13)18(19)20/h3-9H,10H2,1-2H3. The number of rotatable bonds is 6. The molecule has 0 spiro atoms. The summed E-state index contributed by atoms with van der Waals surface area (Å²) in [5.41, 5.74) is 0.274. The minimum absolute atomic E-state index is 0.0932. The molecule has 0 radical (unpaired) electrons. The van der Waals surface area contributed by atoms with Gasteiger partial charge in [-0.1, -0.05) is 23.7 Å². The lowest BCUT2D eigenvalue weighted by molar-refractivity contribution is -0.384. The SMILES string of the molecule is COc1cccc(CN(C)S(=O)(=O)c2ccc(Cl)c([N+](=O)[O-])c2)c1. The molecule has 0 aliphatic heterocycles. The van der Waals surface area contributed by atoms with Gasteiger partial charge in [-0.25, -0.2) is 8.42 Å². The van der Waals surface area contributed by atoms with Crippen LogP contribution in [0.4, 0.5) is 5.69 Å². The molecule has 0 unspecified atom stereocenters. The quantitative estimate of drug-likeness (QED) is 0.575. The smallest absolute Gasteiger partial charge is 0.289 e. The highest BCUT2D eigenvalue weighted by atomic mass is 35.5. The van der Waals surface area contributed by atoms with Crippen LogP contribution in [0.25, 0.3) is 0 Å². The average Bonchev–Trinajstić information content (AvgIpc) is 2.54. The first kappa shape index (κ1) is 18.2. The Hall–Kier alpha value is -2.16. The van der Waals surface area contributed by atoms with E-state index in [9.17, 15) is 18.5 Å². The van der Waals surface area contributed by atoms with Crippen LogP contribution in [0.3, 0.4) is 0 Å². The predicted octanol–water partition coefficient (Wildman–Crippen LogP) is 3.08. The van der Waals surface area contributed by atoms with Crippen molar-refractivity contribution in [2.24, 2.45) is 0 Å². The van der Waals surface area contributed by atoms with Crippen LogP contribution >= 0.6 is 11.6 Å². The van der Waals surface area contributed by atoms with Crippen molar-refractivity contribution >= 4 is 27.3 Å². The van der Waals surface area contributed by atoms with Gasteiger partial charge in [0, 0.05) is 19.7 Å². The fourth-order valence-corrected chi connectivity index (χ4v) is 3.45. The summed E-state index contributed by atoms with van der Waals surface area (Å²) in [7, 11) is -0.982. The second kappa shape index (κ2) is 7.16. The Bertz CT molecular complexity index is 870. The zero-order valence-electron chi connectivity index (χ0n) is 13.0. The molecule has 0 aliphatic carbocycles. The summed E-state index contributed by atoms with van der Waals surface area (Å²) in [6, 6.07) is 10.4. The Labute approximate surface area is 144 Å². The van der Waals surface area contributed by atoms with Crippen LogP contribution in [0.1, 0.15) is 5.56 Å². The first-order valence-corrected chi connectivity index (χ1v) is 8.60. The number of nitrogens with zero attached hydrogens (tertiary/aromatic N) is 2. The first-order valence-electron chi connectivity index (χ1n) is 6.79. The normalized spacial score (nSPS) is 11.5. The van der Waals surface area contributed by atoms with E-state index in [-0.39, 0.29) is 16.5 Å². The summed E-state index contributed by atoms with van der Waals surface area (Å²) >= 11 is 5.72. The van der Waals surface area contributed by atoms with Crippen LogP contribution in [0.15, 0.2) is 47.4 Å². The molecule has 0 bridgehead atoms. The molecule has 0 amide bonds. The van der Waals surface area contributed by atoms with Gasteiger partial charge in [-0.05, 0) is 29.8 Å². The predicted molar refractivity (Wildman–Crippen MR) is 89.8 cm³/mol. The largest absolute Gasteiger partial charge is 0.497 e. The van der Waals surface area contributed by atoms with Gasteiger partial charge in [0.05, 0.1) is 16.9 Å². The fourth-order valence-electron chi connectivity index (χ4n) is 2.09. The molecule has 2 aromatic carbocycles. The van der Waals surface area contributed by atoms with Crippen molar-refractivity contribution in [3.05, 3.63) is 63.2 Å². The number of nitro benzene ring substituents is 1. The van der Waals surface area contributed by atoms with Gasteiger partial charge in [0.25, 0.3) is 5.69 Å². The van der Waals surface area contributed by atoms with Gasteiger partial charge in [-0.3, -0.25) is 10.1 Å². The zero-order valence-corrected chi connectivity index (χ0v) is 14.5. The van der Waals surface area contributed by atoms with Crippen molar-refractivity contribution in [3.8, 4) is 5.75 Å². The van der Waals surface area contributed by atoms with Crippen molar-refractivity contribution in [2.75, 3.05) is 14.2 Å². The van der Waals surface area contributed by atoms with Crippen LogP contribution in [0.5, 0.6) is 5.75 Å². The maximum atomic E-state index is 12.6. The van der Waals surface area contributed by atoms with Crippen molar-refractivity contribution in [2.45, 2.75) is 11.4 Å². The van der Waals surface area contributed by atoms with Gasteiger partial charge in [-0.15, -0.1) is 0 Å². The van der Waals surface area contributed by atoms with Crippen LogP contribution in [-0.2, 0) is 16.6 Å². The summed E-state index contributed by atoms with van der Waals surface area (Å²) < 4.78 is 31.4. The molecule has 9 heteroatoms. The van der Waals surface area contributed by atoms with Crippen molar-refractivity contribution < 1.29 is 18.1 Å². The summed E-state index contributed by atoms with van der Waals surface area (Å²) in [6.07, 6.45) is 0. The third-order valence-electron chi connectivity index (χ3n) is 3.36. The number of benzene rings is 2. The van der Waals surface area contributed by atoms with Gasteiger partial charge in [0.15, 0.2) is 0 Å². The molecule has 24 heavy (non-hydrogen) atoms. The topological polar surface area (TPSA) is 89.8 Å². The highest BCUT2D eigenvalue weighted by Crippen LogP contribution is 2.28. The van der Waals surface area contributed by atoms with Crippen molar-refractivity contribution in [1.82, 2.24) is 4.31 Å². The van der Waals surface area contributed by atoms with E-state index in [1.165, 1.54) is 26.3 Å². The molecule has 0 heterocycles. The lowest BCUT2D eigenvalue weighted by Crippen LogP contribution is -2.26. The maximum Gasteiger partial charge on any atom is 0.289 e. The minimum atomic E-state index is -3.90. The molecular formula is C15H15ClN2O5S. The summed E-state index contributed by atoms with van der Waals surface area (Å²) in [5.74, 6) is 0.612. The Balaban J connectivity index is 2.32. The number of methoxy groups -OCH3 is 1. The van der Waals surface area contributed by atoms with E-state index in [4.69, 9.17) is 16.3 Å². The van der Waals surface area contributed by atoms with Crippen LogP contribution in [0.2, 0.25) is 5.02 Å². The van der Waals surface area contributed by atoms with Gasteiger partial charge < -0.3 is 4.74 Å². The van der Waals surface area contributed by atoms with Gasteiger partial charge in [-0.2, -0.15) is 4.31 Å². The summed E-state index contributed by atoms with van der Waals surface area (Å²) in [4.78, 5) is 10.0. The molecule has 0 fully saturated rings. The molecule has 0 aliphatic rings. The third kappa shape index (κ3) is 3.84. The fraction of sp³-hybridized carbons (Fsp3) is 0.200. The molecule has 2 rings (SSSR count). The van der Waals surface area contributed by atoms with E-state index < -0.39 is 20.6 Å². The molecule has 0 saturated carbocycles. The van der Waals surface area contributed by atoms with Gasteiger partial charge in [0.2, 0.25) is 10.0 Å². The molecule has 0 N–H and O–H groups in total. The summed E-state index contributed by atoms with van der Waals surface area (Å²) in [5, 5.41) is 10.8. The highest BCUT2D eigenvalue weighted by Gasteiger charge is 2.24. The van der Waals surface area contributed by atoms with E-state index in [1.807, 2.05) is 0 Å². The number of hydrogen-bond acceptors (Lipinski definition) is 5. The third-order valence-corrected chi connectivity index (χ3v) is 5.48. The molecule has 2 aromatic rings. The molecule has 0 aromatic heterocycles. The Morgan fingerprint density at radius 3 is 2.58 bits per heavy atom. The maximum absolute atomic E-state index is 12.6. The molecule has 7 nitrogen and oxygen atoms in total. The monoisotopic (exact) mass is 370 g/mol. The molecular weight excluding hydrogens is 356 g/mol. The number of sulfonamides is 1. The highest BCUT2D eigenvalue weighted by molar-refractivity contribution is 7.89. The summed E-state index contributed by atoms with van der Waals surface area (Å²) in [6.45, 7) is 0.0932. The van der Waals surface area contributed by atoms with Crippen LogP contribution in [-0.4, -0.2) is 31.8 Å². The zero-order chi connectivity index (χ0) is 17.9. The van der Waals surface area contributed by atoms with E-state index >= 15 is 0 Å². The second-order valence-electron chi connectivity index (χ2n) is 4.98. The van der Waals surface area contributed by atoms with Gasteiger partial charge in [0.1, 0.15) is 10.8 Å². The molecule has 0 atom stereocenters. The van der Waals surface area contributed by atoms with Crippen LogP contribution < -0.4 is 4.74 Å². The number of hydrogen-bond donors (Lipinski definition) is 0. The van der Waals surface area contributed by atoms with Crippen molar-refractivity contribution in [3.63, 3.8) is 0 Å². The molecule has 128 valence electrons. The molecule has 0 saturated heterocycles. The number of nitro groups is 1. The van der Waals surface area contributed by atoms with E-state index in [2.05, 4.69) is 0 Å². The Kier molecular flexibility index (Phi) is 5.43. The number of halogens is 1. The second-order valence-corrected chi connectivity index (χ2v) is 7.44. The number of ether oxygens (including phenoxy) is 1. The van der Waals surface area contributed by atoms with Crippen LogP contribution in [0, 0.1) is 10.1 Å². The average molecular weight is 371 g/mol. The lowest BCUT2D eigenvalue weighted by Gasteiger charge is -2.17. The van der Waals surface area contributed by atoms with E-state index in [0.717, 1.165) is 15.9 Å².